The van der Waals surface area contributed by atoms with Gasteiger partial charge in [0.05, 0.1) is 11.0 Å². The van der Waals surface area contributed by atoms with Crippen molar-refractivity contribution < 1.29 is 18.8 Å². The van der Waals surface area contributed by atoms with Gasteiger partial charge in [0.1, 0.15) is 0 Å². The molecule has 1 unspecified atom stereocenters. The molecular formula is C13H15FN2O4. The molecule has 1 atom stereocenters. The van der Waals surface area contributed by atoms with Crippen LogP contribution in [0.4, 0.5) is 10.1 Å². The number of carbonyl (C=O) groups is 1. The van der Waals surface area contributed by atoms with Crippen LogP contribution in [0.15, 0.2) is 18.2 Å². The van der Waals surface area contributed by atoms with Crippen molar-refractivity contribution in [3.05, 3.63) is 39.7 Å². The fraction of sp³-hybridized carbons (Fsp3) is 0.462. The van der Waals surface area contributed by atoms with Crippen LogP contribution in [0, 0.1) is 15.9 Å². The van der Waals surface area contributed by atoms with Gasteiger partial charge in [-0.2, -0.15) is 4.39 Å². The molecule has 0 bridgehead atoms. The van der Waals surface area contributed by atoms with Crippen molar-refractivity contribution >= 4 is 11.6 Å². The Hall–Kier alpha value is -2.02. The van der Waals surface area contributed by atoms with Crippen LogP contribution in [0.3, 0.4) is 0 Å². The summed E-state index contributed by atoms with van der Waals surface area (Å²) in [4.78, 5) is 21.6. The Morgan fingerprint density at radius 2 is 2.35 bits per heavy atom. The number of rotatable bonds is 5. The third kappa shape index (κ3) is 3.51. The third-order valence-corrected chi connectivity index (χ3v) is 3.18. The van der Waals surface area contributed by atoms with Crippen LogP contribution in [0.25, 0.3) is 0 Å². The Morgan fingerprint density at radius 3 is 3.00 bits per heavy atom. The van der Waals surface area contributed by atoms with Crippen molar-refractivity contribution in [1.82, 2.24) is 5.32 Å². The summed E-state index contributed by atoms with van der Waals surface area (Å²) in [6.45, 7) is 1.18. The van der Waals surface area contributed by atoms with Gasteiger partial charge < -0.3 is 10.1 Å². The first kappa shape index (κ1) is 14.4. The summed E-state index contributed by atoms with van der Waals surface area (Å²) in [5.74, 6) is -1.41. The molecule has 1 aliphatic heterocycles. The highest BCUT2D eigenvalue weighted by atomic mass is 19.1. The van der Waals surface area contributed by atoms with E-state index >= 15 is 0 Å². The summed E-state index contributed by atoms with van der Waals surface area (Å²) in [5.41, 5.74) is -0.623. The Morgan fingerprint density at radius 1 is 1.55 bits per heavy atom. The topological polar surface area (TPSA) is 81.5 Å². The van der Waals surface area contributed by atoms with E-state index in [0.717, 1.165) is 31.6 Å². The van der Waals surface area contributed by atoms with Gasteiger partial charge in [-0.05, 0) is 31.4 Å². The van der Waals surface area contributed by atoms with Gasteiger partial charge in [0.2, 0.25) is 5.82 Å². The number of hydrogen-bond acceptors (Lipinski definition) is 4. The van der Waals surface area contributed by atoms with E-state index in [9.17, 15) is 19.3 Å². The van der Waals surface area contributed by atoms with Gasteiger partial charge in [0.25, 0.3) is 5.91 Å². The van der Waals surface area contributed by atoms with E-state index in [1.165, 1.54) is 6.07 Å². The standard InChI is InChI=1S/C13H15FN2O4/c14-11-4-3-9(8-12(11)16(18)19)13(17)15-6-5-10-2-1-7-20-10/h3-4,8,10H,1-2,5-7H2,(H,15,17). The first-order valence-electron chi connectivity index (χ1n) is 6.41. The van der Waals surface area contributed by atoms with E-state index < -0.39 is 22.3 Å². The summed E-state index contributed by atoms with van der Waals surface area (Å²) >= 11 is 0. The molecule has 6 nitrogen and oxygen atoms in total. The Bertz CT molecular complexity index is 515. The Balaban J connectivity index is 1.91. The molecule has 1 fully saturated rings. The first-order chi connectivity index (χ1) is 9.58. The number of hydrogen-bond donors (Lipinski definition) is 1. The van der Waals surface area contributed by atoms with E-state index in [1.807, 2.05) is 0 Å². The molecule has 20 heavy (non-hydrogen) atoms. The van der Waals surface area contributed by atoms with Crippen molar-refractivity contribution in [2.45, 2.75) is 25.4 Å². The molecule has 0 radical (unpaired) electrons. The molecule has 1 saturated heterocycles. The van der Waals surface area contributed by atoms with E-state index in [2.05, 4.69) is 5.32 Å². The van der Waals surface area contributed by atoms with Crippen LogP contribution in [0.2, 0.25) is 0 Å². The second-order valence-electron chi connectivity index (χ2n) is 4.60. The fourth-order valence-corrected chi connectivity index (χ4v) is 2.11. The molecule has 1 aromatic rings. The molecule has 1 N–H and O–H groups in total. The fourth-order valence-electron chi connectivity index (χ4n) is 2.11. The molecule has 0 saturated carbocycles. The lowest BCUT2D eigenvalue weighted by Gasteiger charge is -2.10. The number of benzene rings is 1. The predicted octanol–water partition coefficient (Wildman–Crippen LogP) is 2.03. The van der Waals surface area contributed by atoms with Gasteiger partial charge in [0.15, 0.2) is 0 Å². The zero-order chi connectivity index (χ0) is 14.5. The van der Waals surface area contributed by atoms with Crippen LogP contribution in [0.1, 0.15) is 29.6 Å². The minimum Gasteiger partial charge on any atom is -0.378 e. The summed E-state index contributed by atoms with van der Waals surface area (Å²) in [6, 6.07) is 3.09. The number of ether oxygens (including phenoxy) is 1. The summed E-state index contributed by atoms with van der Waals surface area (Å²) in [6.07, 6.45) is 2.88. The number of halogens is 1. The lowest BCUT2D eigenvalue weighted by atomic mass is 10.1. The molecule has 7 heteroatoms. The third-order valence-electron chi connectivity index (χ3n) is 3.18. The zero-order valence-electron chi connectivity index (χ0n) is 10.8. The molecule has 108 valence electrons. The summed E-state index contributed by atoms with van der Waals surface area (Å²) in [5, 5.41) is 13.2. The van der Waals surface area contributed by atoms with E-state index in [-0.39, 0.29) is 11.7 Å². The van der Waals surface area contributed by atoms with Crippen molar-refractivity contribution in [2.75, 3.05) is 13.2 Å². The van der Waals surface area contributed by atoms with Crippen molar-refractivity contribution in [1.29, 1.82) is 0 Å². The molecule has 2 rings (SSSR count). The second kappa shape index (κ2) is 6.42. The lowest BCUT2D eigenvalue weighted by molar-refractivity contribution is -0.387. The summed E-state index contributed by atoms with van der Waals surface area (Å²) in [7, 11) is 0. The van der Waals surface area contributed by atoms with E-state index in [1.54, 1.807) is 0 Å². The molecular weight excluding hydrogens is 267 g/mol. The number of nitro benzene ring substituents is 1. The average Bonchev–Trinajstić information content (AvgIpc) is 2.92. The van der Waals surface area contributed by atoms with E-state index in [4.69, 9.17) is 4.74 Å². The average molecular weight is 282 g/mol. The highest BCUT2D eigenvalue weighted by Gasteiger charge is 2.18. The maximum absolute atomic E-state index is 13.2. The van der Waals surface area contributed by atoms with Crippen molar-refractivity contribution in [3.63, 3.8) is 0 Å². The normalized spacial score (nSPS) is 17.9. The molecule has 0 spiro atoms. The van der Waals surface area contributed by atoms with Crippen LogP contribution in [0.5, 0.6) is 0 Å². The van der Waals surface area contributed by atoms with Gasteiger partial charge in [-0.15, -0.1) is 0 Å². The van der Waals surface area contributed by atoms with Gasteiger partial charge in [-0.3, -0.25) is 14.9 Å². The highest BCUT2D eigenvalue weighted by molar-refractivity contribution is 5.94. The van der Waals surface area contributed by atoms with Crippen molar-refractivity contribution in [3.8, 4) is 0 Å². The number of amides is 1. The van der Waals surface area contributed by atoms with Crippen LogP contribution >= 0.6 is 0 Å². The van der Waals surface area contributed by atoms with E-state index in [0.29, 0.717) is 13.0 Å². The van der Waals surface area contributed by atoms with Gasteiger partial charge in [-0.1, -0.05) is 0 Å². The van der Waals surface area contributed by atoms with Crippen LogP contribution in [-0.4, -0.2) is 30.1 Å². The molecule has 1 amide bonds. The number of nitrogens with one attached hydrogen (secondary N) is 1. The molecule has 1 heterocycles. The lowest BCUT2D eigenvalue weighted by Crippen LogP contribution is -2.27. The minimum atomic E-state index is -0.953. The number of nitro groups is 1. The summed E-state index contributed by atoms with van der Waals surface area (Å²) < 4.78 is 18.6. The zero-order valence-corrected chi connectivity index (χ0v) is 10.8. The number of carbonyl (C=O) groups excluding carboxylic acids is 1. The Kier molecular flexibility index (Phi) is 4.62. The smallest absolute Gasteiger partial charge is 0.305 e. The molecule has 0 aliphatic carbocycles. The maximum atomic E-state index is 13.2. The van der Waals surface area contributed by atoms with Crippen LogP contribution < -0.4 is 5.32 Å². The Labute approximate surface area is 115 Å². The van der Waals surface area contributed by atoms with Gasteiger partial charge in [0, 0.05) is 24.8 Å². The second-order valence-corrected chi connectivity index (χ2v) is 4.60. The number of nitrogens with zero attached hydrogens (tertiary/aromatic N) is 1. The van der Waals surface area contributed by atoms with Crippen LogP contribution in [-0.2, 0) is 4.74 Å². The monoisotopic (exact) mass is 282 g/mol. The molecule has 1 aromatic carbocycles. The molecule has 0 aromatic heterocycles. The van der Waals surface area contributed by atoms with Gasteiger partial charge in [-0.25, -0.2) is 0 Å². The molecule has 1 aliphatic rings. The van der Waals surface area contributed by atoms with Gasteiger partial charge >= 0.3 is 5.69 Å². The predicted molar refractivity (Wildman–Crippen MR) is 69.0 cm³/mol. The minimum absolute atomic E-state index is 0.0745. The quantitative estimate of drug-likeness (QED) is 0.661. The highest BCUT2D eigenvalue weighted by Crippen LogP contribution is 2.18. The first-order valence-corrected chi connectivity index (χ1v) is 6.41. The maximum Gasteiger partial charge on any atom is 0.305 e. The SMILES string of the molecule is O=C(NCCC1CCCO1)c1ccc(F)c([N+](=O)[O-])c1. The largest absolute Gasteiger partial charge is 0.378 e. The van der Waals surface area contributed by atoms with Crippen molar-refractivity contribution in [2.24, 2.45) is 0 Å².